The van der Waals surface area contributed by atoms with Crippen LogP contribution in [0.4, 0.5) is 6.01 Å². The Morgan fingerprint density at radius 2 is 1.61 bits per heavy atom. The van der Waals surface area contributed by atoms with Crippen LogP contribution in [0, 0.1) is 11.3 Å². The van der Waals surface area contributed by atoms with Crippen LogP contribution in [0.1, 0.15) is 36.7 Å². The summed E-state index contributed by atoms with van der Waals surface area (Å²) < 4.78 is 22.7. The number of benzene rings is 2. The first-order valence-electron chi connectivity index (χ1n) is 9.81. The number of aromatic nitrogens is 2. The molecule has 9 nitrogen and oxygen atoms in total. The molecule has 0 atom stereocenters. The maximum absolute atomic E-state index is 12.4. The van der Waals surface area contributed by atoms with E-state index in [0.717, 1.165) is 0 Å². The van der Waals surface area contributed by atoms with E-state index < -0.39 is 5.91 Å². The average molecular weight is 422 g/mol. The molecular weight excluding hydrogens is 400 g/mol. The Labute approximate surface area is 179 Å². The monoisotopic (exact) mass is 422 g/mol. The standard InChI is InChI=1S/C22H22N4O5/c1-4-28-17-11-16(12-18(29-5-2)19(17)30-6-3)21-25-26-22(31-21)24-20(27)15-9-7-14(13-23)8-10-15/h7-12H,4-6H2,1-3H3,(H,24,26,27). The first kappa shape index (κ1) is 21.6. The molecule has 2 aromatic carbocycles. The molecule has 0 saturated carbocycles. The summed E-state index contributed by atoms with van der Waals surface area (Å²) in [7, 11) is 0. The van der Waals surface area contributed by atoms with Crippen molar-refractivity contribution in [3.63, 3.8) is 0 Å². The number of hydrogen-bond donors (Lipinski definition) is 1. The van der Waals surface area contributed by atoms with Gasteiger partial charge in [-0.1, -0.05) is 5.10 Å². The third-order valence-corrected chi connectivity index (χ3v) is 4.08. The number of nitrogens with one attached hydrogen (secondary N) is 1. The van der Waals surface area contributed by atoms with Crippen LogP contribution in [-0.4, -0.2) is 35.9 Å². The molecule has 160 valence electrons. The molecule has 0 saturated heterocycles. The molecule has 0 unspecified atom stereocenters. The zero-order valence-corrected chi connectivity index (χ0v) is 17.5. The molecule has 0 fully saturated rings. The quantitative estimate of drug-likeness (QED) is 0.548. The largest absolute Gasteiger partial charge is 0.490 e. The van der Waals surface area contributed by atoms with Crippen molar-refractivity contribution in [2.45, 2.75) is 20.8 Å². The van der Waals surface area contributed by atoms with E-state index >= 15 is 0 Å². The summed E-state index contributed by atoms with van der Waals surface area (Å²) in [5.74, 6) is 1.23. The van der Waals surface area contributed by atoms with Crippen LogP contribution >= 0.6 is 0 Å². The summed E-state index contributed by atoms with van der Waals surface area (Å²) in [6.45, 7) is 6.93. The molecule has 3 aromatic rings. The molecule has 0 aliphatic rings. The zero-order chi connectivity index (χ0) is 22.2. The Morgan fingerprint density at radius 3 is 2.16 bits per heavy atom. The number of amides is 1. The minimum atomic E-state index is -0.434. The third kappa shape index (κ3) is 5.11. The molecular formula is C22H22N4O5. The number of rotatable bonds is 9. The second-order valence-corrected chi connectivity index (χ2v) is 6.16. The molecule has 31 heavy (non-hydrogen) atoms. The van der Waals surface area contributed by atoms with Gasteiger partial charge in [0.1, 0.15) is 0 Å². The first-order chi connectivity index (χ1) is 15.1. The number of ether oxygens (including phenoxy) is 3. The highest BCUT2D eigenvalue weighted by Crippen LogP contribution is 2.41. The predicted molar refractivity (Wildman–Crippen MR) is 112 cm³/mol. The molecule has 0 spiro atoms. The minimum absolute atomic E-state index is 0.0610. The van der Waals surface area contributed by atoms with Crippen LogP contribution in [0.2, 0.25) is 0 Å². The van der Waals surface area contributed by atoms with Crippen molar-refractivity contribution in [3.8, 4) is 34.8 Å². The number of anilines is 1. The second-order valence-electron chi connectivity index (χ2n) is 6.16. The lowest BCUT2D eigenvalue weighted by atomic mass is 10.1. The second kappa shape index (κ2) is 10.1. The van der Waals surface area contributed by atoms with E-state index in [1.165, 1.54) is 0 Å². The van der Waals surface area contributed by atoms with Crippen molar-refractivity contribution in [2.24, 2.45) is 0 Å². The van der Waals surface area contributed by atoms with Gasteiger partial charge in [0.2, 0.25) is 11.6 Å². The SMILES string of the molecule is CCOc1cc(-c2nnc(NC(=O)c3ccc(C#N)cc3)o2)cc(OCC)c1OCC. The highest BCUT2D eigenvalue weighted by atomic mass is 16.5. The lowest BCUT2D eigenvalue weighted by Crippen LogP contribution is -2.11. The molecule has 0 bridgehead atoms. The van der Waals surface area contributed by atoms with Crippen LogP contribution in [-0.2, 0) is 0 Å². The van der Waals surface area contributed by atoms with Gasteiger partial charge in [0.25, 0.3) is 5.91 Å². The van der Waals surface area contributed by atoms with E-state index in [2.05, 4.69) is 15.5 Å². The predicted octanol–water partition coefficient (Wildman–Crippen LogP) is 4.06. The van der Waals surface area contributed by atoms with Crippen LogP contribution < -0.4 is 19.5 Å². The summed E-state index contributed by atoms with van der Waals surface area (Å²) in [6, 6.07) is 11.6. The number of carbonyl (C=O) groups is 1. The maximum atomic E-state index is 12.4. The molecule has 1 aromatic heterocycles. The van der Waals surface area contributed by atoms with Crippen molar-refractivity contribution in [3.05, 3.63) is 47.5 Å². The fourth-order valence-electron chi connectivity index (χ4n) is 2.77. The summed E-state index contributed by atoms with van der Waals surface area (Å²) >= 11 is 0. The van der Waals surface area contributed by atoms with Gasteiger partial charge in [-0.15, -0.1) is 5.10 Å². The van der Waals surface area contributed by atoms with Gasteiger partial charge in [-0.2, -0.15) is 5.26 Å². The minimum Gasteiger partial charge on any atom is -0.490 e. The molecule has 3 rings (SSSR count). The van der Waals surface area contributed by atoms with Crippen molar-refractivity contribution in [1.29, 1.82) is 5.26 Å². The van der Waals surface area contributed by atoms with Gasteiger partial charge in [-0.05, 0) is 57.2 Å². The molecule has 9 heteroatoms. The number of carbonyl (C=O) groups excluding carboxylic acids is 1. The molecule has 0 aliphatic carbocycles. The molecule has 1 N–H and O–H groups in total. The fraction of sp³-hybridized carbons (Fsp3) is 0.273. The molecule has 0 radical (unpaired) electrons. The normalized spacial score (nSPS) is 10.3. The van der Waals surface area contributed by atoms with Crippen LogP contribution in [0.5, 0.6) is 17.2 Å². The molecule has 1 heterocycles. The lowest BCUT2D eigenvalue weighted by Gasteiger charge is -2.16. The van der Waals surface area contributed by atoms with Gasteiger partial charge < -0.3 is 18.6 Å². The van der Waals surface area contributed by atoms with Crippen molar-refractivity contribution < 1.29 is 23.4 Å². The maximum Gasteiger partial charge on any atom is 0.322 e. The van der Waals surface area contributed by atoms with E-state index in [4.69, 9.17) is 23.9 Å². The summed E-state index contributed by atoms with van der Waals surface area (Å²) in [6.07, 6.45) is 0. The highest BCUT2D eigenvalue weighted by Gasteiger charge is 2.19. The van der Waals surface area contributed by atoms with Gasteiger partial charge in [0, 0.05) is 11.1 Å². The highest BCUT2D eigenvalue weighted by molar-refractivity contribution is 6.03. The van der Waals surface area contributed by atoms with Gasteiger partial charge in [-0.3, -0.25) is 10.1 Å². The lowest BCUT2D eigenvalue weighted by molar-refractivity contribution is 0.102. The Hall–Kier alpha value is -4.06. The topological polar surface area (TPSA) is 120 Å². The summed E-state index contributed by atoms with van der Waals surface area (Å²) in [5.41, 5.74) is 1.38. The Kier molecular flexibility index (Phi) is 7.06. The molecule has 1 amide bonds. The Balaban J connectivity index is 1.86. The zero-order valence-electron chi connectivity index (χ0n) is 17.5. The van der Waals surface area contributed by atoms with Crippen LogP contribution in [0.25, 0.3) is 11.5 Å². The number of hydrogen-bond acceptors (Lipinski definition) is 8. The number of nitriles is 1. The third-order valence-electron chi connectivity index (χ3n) is 4.08. The van der Waals surface area contributed by atoms with Gasteiger partial charge in [0.05, 0.1) is 31.5 Å². The number of nitrogens with zero attached hydrogens (tertiary/aromatic N) is 3. The van der Waals surface area contributed by atoms with Crippen LogP contribution in [0.3, 0.4) is 0 Å². The summed E-state index contributed by atoms with van der Waals surface area (Å²) in [5, 5.41) is 19.3. The Morgan fingerprint density at radius 1 is 1.00 bits per heavy atom. The van der Waals surface area contributed by atoms with Crippen molar-refractivity contribution >= 4 is 11.9 Å². The van der Waals surface area contributed by atoms with E-state index in [1.54, 1.807) is 36.4 Å². The van der Waals surface area contributed by atoms with Gasteiger partial charge >= 0.3 is 6.01 Å². The van der Waals surface area contributed by atoms with E-state index in [0.29, 0.717) is 53.8 Å². The summed E-state index contributed by atoms with van der Waals surface area (Å²) in [4.78, 5) is 12.4. The smallest absolute Gasteiger partial charge is 0.322 e. The van der Waals surface area contributed by atoms with Gasteiger partial charge in [0.15, 0.2) is 11.5 Å². The first-order valence-corrected chi connectivity index (χ1v) is 9.81. The Bertz CT molecular complexity index is 1060. The fourth-order valence-corrected chi connectivity index (χ4v) is 2.77. The molecule has 0 aliphatic heterocycles. The van der Waals surface area contributed by atoms with Crippen LogP contribution in [0.15, 0.2) is 40.8 Å². The van der Waals surface area contributed by atoms with Gasteiger partial charge in [-0.25, -0.2) is 0 Å². The van der Waals surface area contributed by atoms with E-state index in [-0.39, 0.29) is 11.9 Å². The van der Waals surface area contributed by atoms with E-state index in [1.807, 2.05) is 26.8 Å². The van der Waals surface area contributed by atoms with Crippen molar-refractivity contribution in [1.82, 2.24) is 10.2 Å². The average Bonchev–Trinajstić information content (AvgIpc) is 3.24. The van der Waals surface area contributed by atoms with Crippen molar-refractivity contribution in [2.75, 3.05) is 25.1 Å². The van der Waals surface area contributed by atoms with E-state index in [9.17, 15) is 4.79 Å².